The van der Waals surface area contributed by atoms with Gasteiger partial charge in [-0.15, -0.1) is 0 Å². The van der Waals surface area contributed by atoms with Gasteiger partial charge >= 0.3 is 0 Å². The van der Waals surface area contributed by atoms with Gasteiger partial charge in [-0.3, -0.25) is 9.69 Å². The molecule has 2 saturated heterocycles. The van der Waals surface area contributed by atoms with Crippen LogP contribution in [0.1, 0.15) is 35.6 Å². The normalized spacial score (nSPS) is 18.9. The lowest BCUT2D eigenvalue weighted by molar-refractivity contribution is 0.0730. The molecule has 0 saturated carbocycles. The first-order valence-corrected chi connectivity index (χ1v) is 11.8. The molecular weight excluding hydrogens is 406 g/mol. The van der Waals surface area contributed by atoms with Gasteiger partial charge in [0, 0.05) is 18.8 Å². The highest BCUT2D eigenvalue weighted by Crippen LogP contribution is 2.21. The molecule has 0 atom stereocenters. The summed E-state index contributed by atoms with van der Waals surface area (Å²) in [6.45, 7) is 4.32. The number of benzene rings is 1. The topological polar surface area (TPSA) is 92.1 Å². The number of piperidine rings is 1. The Bertz CT molecular complexity index is 959. The number of nitrogens with zero attached hydrogens (tertiary/aromatic N) is 2. The number of furan rings is 1. The lowest BCUT2D eigenvalue weighted by atomic mass is 10.1. The van der Waals surface area contributed by atoms with E-state index >= 15 is 0 Å². The van der Waals surface area contributed by atoms with Gasteiger partial charge in [0.25, 0.3) is 5.91 Å². The first kappa shape index (κ1) is 21.0. The van der Waals surface area contributed by atoms with Crippen LogP contribution in [0.5, 0.6) is 0 Å². The Kier molecular flexibility index (Phi) is 6.52. The molecule has 0 unspecified atom stereocenters. The van der Waals surface area contributed by atoms with Crippen molar-refractivity contribution in [3.8, 4) is 0 Å². The van der Waals surface area contributed by atoms with E-state index in [1.54, 1.807) is 18.2 Å². The molecule has 30 heavy (non-hydrogen) atoms. The molecule has 1 aromatic heterocycles. The maximum atomic E-state index is 12.7. The van der Waals surface area contributed by atoms with Crippen molar-refractivity contribution < 1.29 is 22.4 Å². The lowest BCUT2D eigenvalue weighted by Crippen LogP contribution is -2.40. The number of ether oxygens (including phenoxy) is 1. The molecule has 0 radical (unpaired) electrons. The number of amides is 1. The van der Waals surface area contributed by atoms with E-state index in [4.69, 9.17) is 9.15 Å². The summed E-state index contributed by atoms with van der Waals surface area (Å²) in [5, 5.41) is 2.76. The predicted molar refractivity (Wildman–Crippen MR) is 112 cm³/mol. The second-order valence-electron chi connectivity index (χ2n) is 7.60. The number of morpholine rings is 1. The summed E-state index contributed by atoms with van der Waals surface area (Å²) in [5.41, 5.74) is 0.509. The maximum absolute atomic E-state index is 12.7. The molecule has 8 nitrogen and oxygen atoms in total. The first-order valence-electron chi connectivity index (χ1n) is 10.3. The summed E-state index contributed by atoms with van der Waals surface area (Å²) in [6, 6.07) is 9.69. The molecule has 0 bridgehead atoms. The number of hydrogen-bond donors (Lipinski definition) is 1. The van der Waals surface area contributed by atoms with Crippen LogP contribution in [0.25, 0.3) is 0 Å². The molecular formula is C21H27N3O5S. The molecule has 4 rings (SSSR count). The minimum atomic E-state index is -3.55. The standard InChI is InChI=1S/C21H27N3O5S/c25-21(20-9-6-18(29-20)16-23-10-2-1-3-11-23)22-17-4-7-19(8-5-17)30(26,27)24-12-14-28-15-13-24/h4-9H,1-3,10-16H2,(H,22,25). The van der Waals surface area contributed by atoms with Gasteiger partial charge < -0.3 is 14.5 Å². The van der Waals surface area contributed by atoms with Crippen LogP contribution < -0.4 is 5.32 Å². The number of rotatable bonds is 6. The molecule has 162 valence electrons. The van der Waals surface area contributed by atoms with Crippen molar-refractivity contribution >= 4 is 21.6 Å². The molecule has 3 heterocycles. The van der Waals surface area contributed by atoms with Crippen LogP contribution in [-0.4, -0.2) is 62.9 Å². The van der Waals surface area contributed by atoms with Crippen molar-refractivity contribution in [3.63, 3.8) is 0 Å². The quantitative estimate of drug-likeness (QED) is 0.753. The Labute approximate surface area is 176 Å². The van der Waals surface area contributed by atoms with Crippen molar-refractivity contribution in [1.29, 1.82) is 0 Å². The Hall–Kier alpha value is -2.20. The third-order valence-corrected chi connectivity index (χ3v) is 7.35. The number of sulfonamides is 1. The summed E-state index contributed by atoms with van der Waals surface area (Å²) >= 11 is 0. The van der Waals surface area contributed by atoms with Crippen molar-refractivity contribution in [1.82, 2.24) is 9.21 Å². The fraction of sp³-hybridized carbons (Fsp3) is 0.476. The van der Waals surface area contributed by atoms with E-state index in [0.717, 1.165) is 18.8 Å². The summed E-state index contributed by atoms with van der Waals surface area (Å²) in [5.74, 6) is 0.657. The fourth-order valence-electron chi connectivity index (χ4n) is 3.76. The van der Waals surface area contributed by atoms with E-state index < -0.39 is 10.0 Å². The SMILES string of the molecule is O=C(Nc1ccc(S(=O)(=O)N2CCOCC2)cc1)c1ccc(CN2CCCCC2)o1. The third kappa shape index (κ3) is 4.92. The highest BCUT2D eigenvalue weighted by molar-refractivity contribution is 7.89. The van der Waals surface area contributed by atoms with Crippen molar-refractivity contribution in [2.45, 2.75) is 30.7 Å². The first-order chi connectivity index (χ1) is 14.5. The van der Waals surface area contributed by atoms with E-state index in [1.165, 1.54) is 35.7 Å². The summed E-state index contributed by atoms with van der Waals surface area (Å²) < 4.78 is 37.7. The molecule has 2 aliphatic rings. The zero-order chi connectivity index (χ0) is 21.0. The van der Waals surface area contributed by atoms with Crippen molar-refractivity contribution in [2.75, 3.05) is 44.7 Å². The number of nitrogens with one attached hydrogen (secondary N) is 1. The van der Waals surface area contributed by atoms with Gasteiger partial charge in [0.05, 0.1) is 24.7 Å². The second kappa shape index (κ2) is 9.30. The molecule has 1 amide bonds. The van der Waals surface area contributed by atoms with Crippen LogP contribution in [0.3, 0.4) is 0 Å². The molecule has 0 aliphatic carbocycles. The van der Waals surface area contributed by atoms with Gasteiger partial charge in [-0.1, -0.05) is 6.42 Å². The van der Waals surface area contributed by atoms with Gasteiger partial charge in [0.15, 0.2) is 5.76 Å². The number of likely N-dealkylation sites (tertiary alicyclic amines) is 1. The van der Waals surface area contributed by atoms with Gasteiger partial charge in [0.1, 0.15) is 5.76 Å². The Morgan fingerprint density at radius 2 is 1.63 bits per heavy atom. The number of hydrogen-bond acceptors (Lipinski definition) is 6. The molecule has 2 fully saturated rings. The Balaban J connectivity index is 1.36. The molecule has 9 heteroatoms. The molecule has 0 spiro atoms. The molecule has 1 aromatic carbocycles. The van der Waals surface area contributed by atoms with Crippen LogP contribution in [0.4, 0.5) is 5.69 Å². The largest absolute Gasteiger partial charge is 0.455 e. The Morgan fingerprint density at radius 3 is 2.33 bits per heavy atom. The maximum Gasteiger partial charge on any atom is 0.291 e. The smallest absolute Gasteiger partial charge is 0.291 e. The van der Waals surface area contributed by atoms with Crippen molar-refractivity contribution in [2.24, 2.45) is 0 Å². The van der Waals surface area contributed by atoms with Gasteiger partial charge in [0.2, 0.25) is 10.0 Å². The number of carbonyl (C=O) groups is 1. The summed E-state index contributed by atoms with van der Waals surface area (Å²) in [7, 11) is -3.55. The molecule has 2 aliphatic heterocycles. The number of anilines is 1. The summed E-state index contributed by atoms with van der Waals surface area (Å²) in [6.07, 6.45) is 3.67. The van der Waals surface area contributed by atoms with Crippen LogP contribution in [0.15, 0.2) is 45.7 Å². The van der Waals surface area contributed by atoms with Crippen molar-refractivity contribution in [3.05, 3.63) is 47.9 Å². The Morgan fingerprint density at radius 1 is 0.933 bits per heavy atom. The highest BCUT2D eigenvalue weighted by Gasteiger charge is 2.26. The van der Waals surface area contributed by atoms with Gasteiger partial charge in [-0.2, -0.15) is 4.31 Å². The van der Waals surface area contributed by atoms with Crippen LogP contribution in [0.2, 0.25) is 0 Å². The fourth-order valence-corrected chi connectivity index (χ4v) is 5.17. The van der Waals surface area contributed by atoms with Gasteiger partial charge in [-0.05, 0) is 62.3 Å². The summed E-state index contributed by atoms with van der Waals surface area (Å²) in [4.78, 5) is 15.0. The highest BCUT2D eigenvalue weighted by atomic mass is 32.2. The molecule has 1 N–H and O–H groups in total. The van der Waals surface area contributed by atoms with Gasteiger partial charge in [-0.25, -0.2) is 8.42 Å². The van der Waals surface area contributed by atoms with Crippen LogP contribution in [0, 0.1) is 0 Å². The van der Waals surface area contributed by atoms with E-state index in [1.807, 2.05) is 6.07 Å². The predicted octanol–water partition coefficient (Wildman–Crippen LogP) is 2.54. The van der Waals surface area contributed by atoms with E-state index in [2.05, 4.69) is 10.2 Å². The van der Waals surface area contributed by atoms with E-state index in [9.17, 15) is 13.2 Å². The number of carbonyl (C=O) groups excluding carboxylic acids is 1. The van der Waals surface area contributed by atoms with Crippen LogP contribution in [-0.2, 0) is 21.3 Å². The lowest BCUT2D eigenvalue weighted by Gasteiger charge is -2.26. The zero-order valence-electron chi connectivity index (χ0n) is 16.9. The average Bonchev–Trinajstić information content (AvgIpc) is 3.24. The van der Waals surface area contributed by atoms with Crippen LogP contribution >= 0.6 is 0 Å². The molecule has 2 aromatic rings. The monoisotopic (exact) mass is 433 g/mol. The second-order valence-corrected chi connectivity index (χ2v) is 9.54. The average molecular weight is 434 g/mol. The third-order valence-electron chi connectivity index (χ3n) is 5.43. The minimum Gasteiger partial charge on any atom is -0.455 e. The minimum absolute atomic E-state index is 0.198. The zero-order valence-corrected chi connectivity index (χ0v) is 17.7. The van der Waals surface area contributed by atoms with E-state index in [0.29, 0.717) is 38.5 Å². The van der Waals surface area contributed by atoms with E-state index in [-0.39, 0.29) is 16.6 Å².